The van der Waals surface area contributed by atoms with Crippen LogP contribution in [0.25, 0.3) is 0 Å². The van der Waals surface area contributed by atoms with Crippen LogP contribution in [0.15, 0.2) is 5.10 Å². The van der Waals surface area contributed by atoms with Crippen LogP contribution >= 0.6 is 0 Å². The van der Waals surface area contributed by atoms with E-state index in [1.54, 1.807) is 11.9 Å². The van der Waals surface area contributed by atoms with Crippen molar-refractivity contribution in [3.05, 3.63) is 0 Å². The first-order valence-corrected chi connectivity index (χ1v) is 2.86. The van der Waals surface area contributed by atoms with Gasteiger partial charge in [0.15, 0.2) is 0 Å². The van der Waals surface area contributed by atoms with Gasteiger partial charge in [0.1, 0.15) is 0 Å². The molecule has 1 rings (SSSR count). The summed E-state index contributed by atoms with van der Waals surface area (Å²) in [5.74, 6) is 0.574. The summed E-state index contributed by atoms with van der Waals surface area (Å²) in [6.07, 6.45) is 0. The summed E-state index contributed by atoms with van der Waals surface area (Å²) in [7, 11) is 5.25. The van der Waals surface area contributed by atoms with Crippen LogP contribution in [0.1, 0.15) is 0 Å². The monoisotopic (exact) mass is 141 g/mol. The van der Waals surface area contributed by atoms with Crippen molar-refractivity contribution in [2.45, 2.75) is 0 Å². The van der Waals surface area contributed by atoms with Gasteiger partial charge in [-0.1, -0.05) is 5.43 Å². The second-order valence-electron chi connectivity index (χ2n) is 2.24. The second kappa shape index (κ2) is 2.17. The van der Waals surface area contributed by atoms with Gasteiger partial charge in [-0.05, 0) is 0 Å². The average Bonchev–Trinajstić information content (AvgIpc) is 2.14. The maximum Gasteiger partial charge on any atom is 0.368 e. The van der Waals surface area contributed by atoms with E-state index >= 15 is 0 Å². The summed E-state index contributed by atoms with van der Waals surface area (Å²) >= 11 is 0. The fourth-order valence-corrected chi connectivity index (χ4v) is 0.697. The highest BCUT2D eigenvalue weighted by Crippen LogP contribution is 1.99. The molecule has 2 amide bonds. The predicted molar refractivity (Wildman–Crippen MR) is 36.4 cm³/mol. The molecule has 1 aliphatic heterocycles. The van der Waals surface area contributed by atoms with Gasteiger partial charge in [-0.3, -0.25) is 4.90 Å². The molecule has 55 valence electrons. The zero-order valence-electron chi connectivity index (χ0n) is 6.20. The summed E-state index contributed by atoms with van der Waals surface area (Å²) in [5.41, 5.74) is 3.35. The Balaban J connectivity index is 2.72. The normalized spacial score (nSPS) is 16.9. The number of carbonyl (C=O) groups excluding carboxylic acids is 1. The molecule has 0 aromatic carbocycles. The highest BCUT2D eigenvalue weighted by molar-refractivity contribution is 5.99. The van der Waals surface area contributed by atoms with E-state index in [1.807, 2.05) is 14.1 Å². The minimum absolute atomic E-state index is 0.316. The number of guanidine groups is 1. The fourth-order valence-electron chi connectivity index (χ4n) is 0.697. The minimum atomic E-state index is -0.316. The molecular formula is C5H9N4O. The predicted octanol–water partition coefficient (Wildman–Crippen LogP) is -0.511. The lowest BCUT2D eigenvalue weighted by atomic mass is 10.7. The van der Waals surface area contributed by atoms with Gasteiger partial charge in [-0.15, -0.1) is 5.10 Å². The van der Waals surface area contributed by atoms with E-state index in [4.69, 9.17) is 0 Å². The van der Waals surface area contributed by atoms with Crippen LogP contribution in [-0.2, 0) is 0 Å². The molecule has 1 aliphatic rings. The van der Waals surface area contributed by atoms with Crippen LogP contribution < -0.4 is 5.43 Å². The molecule has 0 spiro atoms. The fraction of sp³-hybridized carbons (Fsp3) is 0.600. The van der Waals surface area contributed by atoms with Crippen LogP contribution in [0.2, 0.25) is 0 Å². The Morgan fingerprint density at radius 3 is 2.30 bits per heavy atom. The van der Waals surface area contributed by atoms with Gasteiger partial charge < -0.3 is 4.90 Å². The summed E-state index contributed by atoms with van der Waals surface area (Å²) in [5, 5.41) is 3.64. The van der Waals surface area contributed by atoms with Gasteiger partial charge >= 0.3 is 6.03 Å². The van der Waals surface area contributed by atoms with E-state index in [1.165, 1.54) is 4.90 Å². The van der Waals surface area contributed by atoms with E-state index < -0.39 is 0 Å². The Labute approximate surface area is 59.3 Å². The molecule has 0 unspecified atom stereocenters. The third kappa shape index (κ3) is 0.896. The van der Waals surface area contributed by atoms with Gasteiger partial charge in [-0.2, -0.15) is 0 Å². The van der Waals surface area contributed by atoms with E-state index in [0.717, 1.165) is 0 Å². The lowest BCUT2D eigenvalue weighted by molar-refractivity contribution is 0.229. The molecule has 0 atom stereocenters. The van der Waals surface area contributed by atoms with Crippen LogP contribution in [-0.4, -0.2) is 42.9 Å². The highest BCUT2D eigenvalue weighted by atomic mass is 16.2. The molecule has 0 aromatic heterocycles. The molecule has 0 saturated carbocycles. The van der Waals surface area contributed by atoms with Crippen LogP contribution in [0.3, 0.4) is 0 Å². The maximum absolute atomic E-state index is 10.7. The summed E-state index contributed by atoms with van der Waals surface area (Å²) < 4.78 is 0. The number of rotatable bonds is 0. The lowest BCUT2D eigenvalue weighted by Crippen LogP contribution is -2.37. The number of hydrogen-bond donors (Lipinski definition) is 0. The number of amides is 2. The maximum atomic E-state index is 10.7. The molecule has 0 fully saturated rings. The average molecular weight is 141 g/mol. The van der Waals surface area contributed by atoms with Crippen molar-refractivity contribution in [1.29, 1.82) is 0 Å². The zero-order chi connectivity index (χ0) is 7.72. The SMILES string of the molecule is CN(C)C1=N[N]C(=O)N1C. The Morgan fingerprint density at radius 1 is 1.50 bits per heavy atom. The number of urea groups is 1. The Kier molecular flexibility index (Phi) is 1.48. The molecule has 1 radical (unpaired) electrons. The summed E-state index contributed by atoms with van der Waals surface area (Å²) in [4.78, 5) is 13.8. The van der Waals surface area contributed by atoms with E-state index in [0.29, 0.717) is 5.96 Å². The zero-order valence-corrected chi connectivity index (χ0v) is 6.20. The van der Waals surface area contributed by atoms with Crippen molar-refractivity contribution in [3.8, 4) is 0 Å². The minimum Gasteiger partial charge on any atom is -0.347 e. The van der Waals surface area contributed by atoms with Gasteiger partial charge in [0.25, 0.3) is 0 Å². The van der Waals surface area contributed by atoms with Gasteiger partial charge in [0.2, 0.25) is 5.96 Å². The number of nitrogens with zero attached hydrogens (tertiary/aromatic N) is 4. The highest BCUT2D eigenvalue weighted by Gasteiger charge is 2.24. The van der Waals surface area contributed by atoms with Crippen LogP contribution in [0, 0.1) is 0 Å². The summed E-state index contributed by atoms with van der Waals surface area (Å²) in [6, 6.07) is -0.316. The van der Waals surface area contributed by atoms with Gasteiger partial charge in [0.05, 0.1) is 0 Å². The smallest absolute Gasteiger partial charge is 0.347 e. The van der Waals surface area contributed by atoms with E-state index in [9.17, 15) is 4.79 Å². The number of hydrogen-bond acceptors (Lipinski definition) is 3. The Bertz CT molecular complexity index is 186. The van der Waals surface area contributed by atoms with Crippen molar-refractivity contribution in [1.82, 2.24) is 15.2 Å². The third-order valence-corrected chi connectivity index (χ3v) is 1.21. The van der Waals surface area contributed by atoms with Crippen molar-refractivity contribution in [2.24, 2.45) is 5.10 Å². The molecule has 0 saturated heterocycles. The number of carbonyl (C=O) groups is 1. The van der Waals surface area contributed by atoms with Crippen molar-refractivity contribution in [3.63, 3.8) is 0 Å². The first-order valence-electron chi connectivity index (χ1n) is 2.86. The molecule has 0 bridgehead atoms. The van der Waals surface area contributed by atoms with E-state index in [-0.39, 0.29) is 6.03 Å². The lowest BCUT2D eigenvalue weighted by Gasteiger charge is -2.16. The standard InChI is InChI=1S/C5H9N4O/c1-8(2)4-6-7-5(10)9(4)3/h1-3H3. The Hall–Kier alpha value is -1.26. The third-order valence-electron chi connectivity index (χ3n) is 1.21. The van der Waals surface area contributed by atoms with E-state index in [2.05, 4.69) is 10.5 Å². The molecule has 5 heteroatoms. The van der Waals surface area contributed by atoms with Crippen molar-refractivity contribution >= 4 is 12.0 Å². The first kappa shape index (κ1) is 6.85. The molecule has 0 aliphatic carbocycles. The van der Waals surface area contributed by atoms with Crippen LogP contribution in [0.4, 0.5) is 4.79 Å². The Morgan fingerprint density at radius 2 is 2.10 bits per heavy atom. The molecule has 5 nitrogen and oxygen atoms in total. The molecule has 10 heavy (non-hydrogen) atoms. The van der Waals surface area contributed by atoms with Crippen molar-refractivity contribution in [2.75, 3.05) is 21.1 Å². The molecule has 0 aromatic rings. The largest absolute Gasteiger partial charge is 0.368 e. The van der Waals surface area contributed by atoms with Crippen LogP contribution in [0.5, 0.6) is 0 Å². The molecule has 1 heterocycles. The molecule has 0 N–H and O–H groups in total. The summed E-state index contributed by atoms with van der Waals surface area (Å²) in [6.45, 7) is 0. The topological polar surface area (TPSA) is 50.0 Å². The first-order chi connectivity index (χ1) is 4.63. The quantitative estimate of drug-likeness (QED) is 0.456. The van der Waals surface area contributed by atoms with Gasteiger partial charge in [-0.25, -0.2) is 4.79 Å². The van der Waals surface area contributed by atoms with Crippen molar-refractivity contribution < 1.29 is 4.79 Å². The second-order valence-corrected chi connectivity index (χ2v) is 2.24. The van der Waals surface area contributed by atoms with Gasteiger partial charge in [0, 0.05) is 21.1 Å². The molecular weight excluding hydrogens is 132 g/mol.